The van der Waals surface area contributed by atoms with E-state index in [0.717, 1.165) is 25.9 Å². The highest BCUT2D eigenvalue weighted by Crippen LogP contribution is 2.38. The van der Waals surface area contributed by atoms with Gasteiger partial charge in [0.05, 0.1) is 17.4 Å². The van der Waals surface area contributed by atoms with Gasteiger partial charge in [-0.2, -0.15) is 0 Å². The van der Waals surface area contributed by atoms with Crippen LogP contribution >= 0.6 is 11.3 Å². The molecule has 118 valence electrons. The van der Waals surface area contributed by atoms with Gasteiger partial charge in [0.2, 0.25) is 0 Å². The molecule has 0 amide bonds. The fourth-order valence-electron chi connectivity index (χ4n) is 3.16. The summed E-state index contributed by atoms with van der Waals surface area (Å²) in [5.41, 5.74) is 3.82. The molecule has 3 heterocycles. The van der Waals surface area contributed by atoms with Crippen molar-refractivity contribution in [3.8, 4) is 0 Å². The molecule has 1 N–H and O–H groups in total. The molecule has 22 heavy (non-hydrogen) atoms. The fourth-order valence-corrected chi connectivity index (χ4v) is 4.04. The van der Waals surface area contributed by atoms with Crippen molar-refractivity contribution in [2.75, 3.05) is 25.0 Å². The van der Waals surface area contributed by atoms with Gasteiger partial charge in [0.25, 0.3) is 0 Å². The highest BCUT2D eigenvalue weighted by Gasteiger charge is 2.28. The normalized spacial score (nSPS) is 15.4. The van der Waals surface area contributed by atoms with E-state index in [1.807, 2.05) is 18.4 Å². The van der Waals surface area contributed by atoms with Crippen LogP contribution in [0.25, 0.3) is 0 Å². The van der Waals surface area contributed by atoms with Gasteiger partial charge >= 0.3 is 0 Å². The molecule has 1 atom stereocenters. The van der Waals surface area contributed by atoms with Crippen LogP contribution in [-0.2, 0) is 6.42 Å². The molecule has 0 aromatic carbocycles. The van der Waals surface area contributed by atoms with Crippen LogP contribution in [0.4, 0.5) is 5.69 Å². The second kappa shape index (κ2) is 6.80. The van der Waals surface area contributed by atoms with E-state index in [1.165, 1.54) is 22.0 Å². The molecule has 0 unspecified atom stereocenters. The maximum absolute atomic E-state index is 4.89. The summed E-state index contributed by atoms with van der Waals surface area (Å²) < 4.78 is 0. The van der Waals surface area contributed by atoms with E-state index in [1.54, 1.807) is 0 Å². The molecule has 0 radical (unpaired) electrons. The molecule has 0 spiro atoms. The van der Waals surface area contributed by atoms with Crippen molar-refractivity contribution in [3.05, 3.63) is 45.9 Å². The lowest BCUT2D eigenvalue weighted by atomic mass is 10.1. The van der Waals surface area contributed by atoms with E-state index in [9.17, 15) is 0 Å². The van der Waals surface area contributed by atoms with Crippen LogP contribution in [0.3, 0.4) is 0 Å². The number of aromatic nitrogens is 1. The molecular weight excluding hydrogens is 290 g/mol. The summed E-state index contributed by atoms with van der Waals surface area (Å²) in [6.07, 6.45) is 2.19. The van der Waals surface area contributed by atoms with E-state index < -0.39 is 0 Å². The first-order valence-electron chi connectivity index (χ1n) is 8.15. The number of nitrogens with zero attached hydrogens (tertiary/aromatic N) is 2. The number of hydrogen-bond donors (Lipinski definition) is 1. The quantitative estimate of drug-likeness (QED) is 0.874. The summed E-state index contributed by atoms with van der Waals surface area (Å²) in [4.78, 5) is 8.90. The van der Waals surface area contributed by atoms with Crippen LogP contribution in [0, 0.1) is 0 Å². The van der Waals surface area contributed by atoms with E-state index in [0.29, 0.717) is 12.0 Å². The number of thiophene rings is 1. The van der Waals surface area contributed by atoms with Crippen molar-refractivity contribution in [3.63, 3.8) is 0 Å². The molecule has 0 aliphatic carbocycles. The molecule has 1 aliphatic rings. The Morgan fingerprint density at radius 3 is 2.86 bits per heavy atom. The summed E-state index contributed by atoms with van der Waals surface area (Å²) in [7, 11) is 2.03. The summed E-state index contributed by atoms with van der Waals surface area (Å²) in [5, 5.41) is 5.47. The van der Waals surface area contributed by atoms with E-state index in [4.69, 9.17) is 4.98 Å². The Labute approximate surface area is 137 Å². The molecule has 4 heteroatoms. The maximum atomic E-state index is 4.89. The van der Waals surface area contributed by atoms with Gasteiger partial charge in [-0.15, -0.1) is 11.3 Å². The zero-order chi connectivity index (χ0) is 15.5. The summed E-state index contributed by atoms with van der Waals surface area (Å²) >= 11 is 1.86. The predicted octanol–water partition coefficient (Wildman–Crippen LogP) is 3.98. The third kappa shape index (κ3) is 3.03. The maximum Gasteiger partial charge on any atom is 0.0657 e. The molecule has 0 saturated heterocycles. The molecule has 3 rings (SSSR count). The molecule has 2 aromatic heterocycles. The van der Waals surface area contributed by atoms with Crippen LogP contribution < -0.4 is 10.2 Å². The minimum Gasteiger partial charge on any atom is -0.362 e. The second-order valence-electron chi connectivity index (χ2n) is 6.22. The second-order valence-corrected chi connectivity index (χ2v) is 7.20. The van der Waals surface area contributed by atoms with Gasteiger partial charge in [0.1, 0.15) is 0 Å². The molecule has 0 fully saturated rings. The minimum absolute atomic E-state index is 0.459. The van der Waals surface area contributed by atoms with Crippen LogP contribution in [-0.4, -0.2) is 25.1 Å². The molecule has 3 nitrogen and oxygen atoms in total. The highest BCUT2D eigenvalue weighted by atomic mass is 32.1. The highest BCUT2D eigenvalue weighted by molar-refractivity contribution is 7.10. The summed E-state index contributed by atoms with van der Waals surface area (Å²) in [5.74, 6) is 0.497. The lowest BCUT2D eigenvalue weighted by Crippen LogP contribution is -2.28. The van der Waals surface area contributed by atoms with Gasteiger partial charge in [0, 0.05) is 23.5 Å². The van der Waals surface area contributed by atoms with Crippen molar-refractivity contribution < 1.29 is 0 Å². The first-order chi connectivity index (χ1) is 10.7. The van der Waals surface area contributed by atoms with Gasteiger partial charge in [-0.3, -0.25) is 4.98 Å². The number of nitrogens with one attached hydrogen (secondary N) is 1. The van der Waals surface area contributed by atoms with Crippen molar-refractivity contribution in [2.45, 2.75) is 38.6 Å². The Morgan fingerprint density at radius 1 is 1.32 bits per heavy atom. The lowest BCUT2D eigenvalue weighted by Gasteiger charge is -2.29. The van der Waals surface area contributed by atoms with Crippen LogP contribution in [0.1, 0.15) is 48.5 Å². The Hall–Kier alpha value is -1.39. The summed E-state index contributed by atoms with van der Waals surface area (Å²) in [6.45, 7) is 6.54. The number of rotatable bonds is 6. The van der Waals surface area contributed by atoms with Gasteiger partial charge in [-0.1, -0.05) is 19.9 Å². The third-order valence-corrected chi connectivity index (χ3v) is 5.35. The molecule has 1 aliphatic heterocycles. The zero-order valence-corrected chi connectivity index (χ0v) is 14.5. The number of anilines is 1. The van der Waals surface area contributed by atoms with Crippen molar-refractivity contribution in [1.29, 1.82) is 0 Å². The SMILES string of the molecule is CNCC[C@@H](c1cccs1)N1CCc2nc(C(C)C)ccc21. The topological polar surface area (TPSA) is 28.2 Å². The van der Waals surface area contributed by atoms with E-state index >= 15 is 0 Å². The average Bonchev–Trinajstić information content (AvgIpc) is 3.17. The van der Waals surface area contributed by atoms with Gasteiger partial charge < -0.3 is 10.2 Å². The van der Waals surface area contributed by atoms with Crippen LogP contribution in [0.5, 0.6) is 0 Å². The molecule has 0 saturated carbocycles. The summed E-state index contributed by atoms with van der Waals surface area (Å²) in [6, 6.07) is 9.36. The van der Waals surface area contributed by atoms with Crippen molar-refractivity contribution in [2.24, 2.45) is 0 Å². The van der Waals surface area contributed by atoms with E-state index in [2.05, 4.69) is 53.7 Å². The zero-order valence-electron chi connectivity index (χ0n) is 13.7. The van der Waals surface area contributed by atoms with Crippen molar-refractivity contribution >= 4 is 17.0 Å². The van der Waals surface area contributed by atoms with Crippen molar-refractivity contribution in [1.82, 2.24) is 10.3 Å². The first kappa shape index (κ1) is 15.5. The molecule has 0 bridgehead atoms. The molecular formula is C18H25N3S. The minimum atomic E-state index is 0.459. The number of pyridine rings is 1. The monoisotopic (exact) mass is 315 g/mol. The Bertz CT molecular complexity index is 607. The Balaban J connectivity index is 1.89. The first-order valence-corrected chi connectivity index (χ1v) is 9.03. The predicted molar refractivity (Wildman–Crippen MR) is 95.0 cm³/mol. The van der Waals surface area contributed by atoms with Crippen LogP contribution in [0.2, 0.25) is 0 Å². The molecule has 2 aromatic rings. The average molecular weight is 315 g/mol. The Morgan fingerprint density at radius 2 is 2.18 bits per heavy atom. The Kier molecular flexibility index (Phi) is 4.79. The number of fused-ring (bicyclic) bond motifs is 1. The lowest BCUT2D eigenvalue weighted by molar-refractivity contribution is 0.576. The third-order valence-electron chi connectivity index (χ3n) is 4.38. The van der Waals surface area contributed by atoms with Gasteiger partial charge in [-0.25, -0.2) is 0 Å². The fraction of sp³-hybridized carbons (Fsp3) is 0.500. The van der Waals surface area contributed by atoms with Crippen LogP contribution in [0.15, 0.2) is 29.6 Å². The largest absolute Gasteiger partial charge is 0.362 e. The smallest absolute Gasteiger partial charge is 0.0657 e. The standard InChI is InChI=1S/C18H25N3S/c1-13(2)14-6-7-16-15(20-14)9-11-21(16)17(8-10-19-3)18-5-4-12-22-18/h4-7,12-13,17,19H,8-11H2,1-3H3/t17-/m0/s1. The van der Waals surface area contributed by atoms with Gasteiger partial charge in [0.15, 0.2) is 0 Å². The number of hydrogen-bond acceptors (Lipinski definition) is 4. The van der Waals surface area contributed by atoms with E-state index in [-0.39, 0.29) is 0 Å². The van der Waals surface area contributed by atoms with Gasteiger partial charge in [-0.05, 0) is 49.5 Å².